The zero-order chi connectivity index (χ0) is 32.3. The quantitative estimate of drug-likeness (QED) is 0.195. The minimum atomic E-state index is -1.04. The summed E-state index contributed by atoms with van der Waals surface area (Å²) in [4.78, 5) is 52.2. The van der Waals surface area contributed by atoms with Gasteiger partial charge in [-0.05, 0) is 52.7 Å². The Labute approximate surface area is 267 Å². The summed E-state index contributed by atoms with van der Waals surface area (Å²) in [6.45, 7) is 10.4. The van der Waals surface area contributed by atoms with Crippen molar-refractivity contribution < 1.29 is 38.1 Å². The number of nitrogens with one attached hydrogen (secondary N) is 2. The van der Waals surface area contributed by atoms with E-state index in [-0.39, 0.29) is 12.8 Å². The first-order chi connectivity index (χ1) is 20.7. The van der Waals surface area contributed by atoms with Crippen molar-refractivity contribution in [3.63, 3.8) is 0 Å². The van der Waals surface area contributed by atoms with Gasteiger partial charge in [-0.25, -0.2) is 19.2 Å². The van der Waals surface area contributed by atoms with Crippen LogP contribution >= 0.6 is 21.6 Å². The second-order valence-electron chi connectivity index (χ2n) is 12.3. The molecule has 3 rings (SSSR count). The molecule has 1 aliphatic rings. The fourth-order valence-electron chi connectivity index (χ4n) is 4.11. The van der Waals surface area contributed by atoms with Crippen LogP contribution in [0.4, 0.5) is 9.59 Å². The van der Waals surface area contributed by atoms with Crippen LogP contribution in [0, 0.1) is 0 Å². The van der Waals surface area contributed by atoms with Crippen LogP contribution in [-0.4, -0.2) is 71.1 Å². The second kappa shape index (κ2) is 16.1. The highest BCUT2D eigenvalue weighted by Crippen LogP contribution is 2.33. The zero-order valence-corrected chi connectivity index (χ0v) is 27.6. The molecule has 0 aliphatic carbocycles. The summed E-state index contributed by atoms with van der Waals surface area (Å²) in [5.41, 5.74) is 0.120. The van der Waals surface area contributed by atoms with Gasteiger partial charge >= 0.3 is 24.1 Å². The molecule has 44 heavy (non-hydrogen) atoms. The maximum atomic E-state index is 13.5. The van der Waals surface area contributed by atoms with Crippen molar-refractivity contribution in [3.8, 4) is 0 Å². The van der Waals surface area contributed by atoms with E-state index in [0.717, 1.165) is 11.1 Å². The van der Waals surface area contributed by atoms with Gasteiger partial charge in [0.15, 0.2) is 0 Å². The molecule has 2 aromatic carbocycles. The number of hydrogen-bond donors (Lipinski definition) is 2. The standard InChI is InChI=1S/C32H42N2O8S2/c1-31(2,3)41-29(37)33-23(17-21-13-9-7-10-14-21)27(35)39-25-19-43-44-20-26(25)40-28(36)24(18-22-15-11-8-12-16-22)34-30(38)42-32(4,5)6/h7-16,23-26H,17-20H2,1-6H3,(H,33,37)(H,34,38)/t23-,24-,25+,26+/m0/s1. The van der Waals surface area contributed by atoms with Crippen molar-refractivity contribution in [2.45, 2.75) is 89.9 Å². The minimum Gasteiger partial charge on any atom is -0.456 e. The number of esters is 2. The highest BCUT2D eigenvalue weighted by molar-refractivity contribution is 8.76. The van der Waals surface area contributed by atoms with Gasteiger partial charge in [0.1, 0.15) is 35.5 Å². The largest absolute Gasteiger partial charge is 0.456 e. The van der Waals surface area contributed by atoms with Crippen molar-refractivity contribution in [2.24, 2.45) is 0 Å². The molecule has 0 saturated carbocycles. The third-order valence-electron chi connectivity index (χ3n) is 6.01. The first kappa shape index (κ1) is 35.1. The molecule has 2 aromatic rings. The topological polar surface area (TPSA) is 129 Å². The van der Waals surface area contributed by atoms with Gasteiger partial charge < -0.3 is 29.6 Å². The normalized spacial score (nSPS) is 18.2. The molecular weight excluding hydrogens is 604 g/mol. The van der Waals surface area contributed by atoms with Crippen LogP contribution in [0.15, 0.2) is 60.7 Å². The van der Waals surface area contributed by atoms with Crippen LogP contribution in [0.5, 0.6) is 0 Å². The first-order valence-electron chi connectivity index (χ1n) is 14.4. The van der Waals surface area contributed by atoms with Crippen LogP contribution in [0.2, 0.25) is 0 Å². The molecule has 1 aliphatic heterocycles. The number of alkyl carbamates (subject to hydrolysis) is 2. The minimum absolute atomic E-state index is 0.178. The Bertz CT molecular complexity index is 1150. The number of ether oxygens (including phenoxy) is 4. The van der Waals surface area contributed by atoms with Crippen molar-refractivity contribution >= 4 is 45.7 Å². The number of rotatable bonds is 10. The molecular formula is C32H42N2O8S2. The van der Waals surface area contributed by atoms with Crippen molar-refractivity contribution in [1.29, 1.82) is 0 Å². The maximum Gasteiger partial charge on any atom is 0.408 e. The van der Waals surface area contributed by atoms with E-state index in [9.17, 15) is 19.2 Å². The van der Waals surface area contributed by atoms with Gasteiger partial charge in [0.25, 0.3) is 0 Å². The first-order valence-corrected chi connectivity index (χ1v) is 16.9. The van der Waals surface area contributed by atoms with Crippen LogP contribution in [-0.2, 0) is 41.4 Å². The number of carbonyl (C=O) groups excluding carboxylic acids is 4. The lowest BCUT2D eigenvalue weighted by Gasteiger charge is -2.32. The van der Waals surface area contributed by atoms with Crippen molar-refractivity contribution in [3.05, 3.63) is 71.8 Å². The van der Waals surface area contributed by atoms with Gasteiger partial charge in [-0.1, -0.05) is 82.3 Å². The van der Waals surface area contributed by atoms with Gasteiger partial charge in [-0.15, -0.1) is 0 Å². The van der Waals surface area contributed by atoms with Crippen molar-refractivity contribution in [1.82, 2.24) is 10.6 Å². The Morgan fingerprint density at radius 3 is 1.32 bits per heavy atom. The van der Waals surface area contributed by atoms with Crippen LogP contribution in [0.25, 0.3) is 0 Å². The number of hydrogen-bond acceptors (Lipinski definition) is 10. The summed E-state index contributed by atoms with van der Waals surface area (Å²) in [5, 5.41) is 5.27. The van der Waals surface area contributed by atoms with Crippen molar-refractivity contribution in [2.75, 3.05) is 11.5 Å². The number of carbonyl (C=O) groups is 4. The maximum absolute atomic E-state index is 13.5. The molecule has 0 bridgehead atoms. The Balaban J connectivity index is 1.74. The van der Waals surface area contributed by atoms with Gasteiger partial charge in [0.05, 0.1) is 0 Å². The predicted octanol–water partition coefficient (Wildman–Crippen LogP) is 5.48. The number of benzene rings is 2. The van der Waals surface area contributed by atoms with E-state index < -0.39 is 59.6 Å². The summed E-state index contributed by atoms with van der Waals surface area (Å²) in [6, 6.07) is 16.4. The molecule has 1 saturated heterocycles. The van der Waals surface area contributed by atoms with E-state index >= 15 is 0 Å². The molecule has 1 fully saturated rings. The van der Waals surface area contributed by atoms with E-state index in [0.29, 0.717) is 11.5 Å². The zero-order valence-electron chi connectivity index (χ0n) is 26.0. The van der Waals surface area contributed by atoms with E-state index in [1.807, 2.05) is 60.7 Å². The average molecular weight is 647 g/mol. The Hall–Kier alpha value is -3.38. The third-order valence-corrected chi connectivity index (χ3v) is 8.43. The van der Waals surface area contributed by atoms with Gasteiger partial charge in [0.2, 0.25) is 0 Å². The predicted molar refractivity (Wildman–Crippen MR) is 171 cm³/mol. The summed E-state index contributed by atoms with van der Waals surface area (Å²) in [7, 11) is 2.98. The highest BCUT2D eigenvalue weighted by Gasteiger charge is 2.37. The lowest BCUT2D eigenvalue weighted by Crippen LogP contribution is -2.51. The second-order valence-corrected chi connectivity index (χ2v) is 14.8. The Morgan fingerprint density at radius 1 is 0.659 bits per heavy atom. The monoisotopic (exact) mass is 646 g/mol. The fraction of sp³-hybridized carbons (Fsp3) is 0.500. The van der Waals surface area contributed by atoms with E-state index in [2.05, 4.69) is 10.6 Å². The van der Waals surface area contributed by atoms with Crippen LogP contribution < -0.4 is 10.6 Å². The molecule has 0 radical (unpaired) electrons. The average Bonchev–Trinajstić information content (AvgIpc) is 2.92. The van der Waals surface area contributed by atoms with Crippen LogP contribution in [0.3, 0.4) is 0 Å². The molecule has 12 heteroatoms. The summed E-state index contributed by atoms with van der Waals surface area (Å²) >= 11 is 0. The third kappa shape index (κ3) is 12.7. The van der Waals surface area contributed by atoms with Crippen LogP contribution in [0.1, 0.15) is 52.7 Å². The summed E-state index contributed by atoms with van der Waals surface area (Å²) in [6.07, 6.45) is -2.70. The fourth-order valence-corrected chi connectivity index (χ4v) is 6.52. The molecule has 1 heterocycles. The molecule has 0 unspecified atom stereocenters. The summed E-state index contributed by atoms with van der Waals surface area (Å²) in [5.74, 6) is -0.624. The molecule has 10 nitrogen and oxygen atoms in total. The molecule has 240 valence electrons. The van der Waals surface area contributed by atoms with Gasteiger partial charge in [0, 0.05) is 24.3 Å². The lowest BCUT2D eigenvalue weighted by molar-refractivity contribution is -0.167. The van der Waals surface area contributed by atoms with Gasteiger partial charge in [-0.3, -0.25) is 0 Å². The van der Waals surface area contributed by atoms with Gasteiger partial charge in [-0.2, -0.15) is 0 Å². The van der Waals surface area contributed by atoms with E-state index in [1.54, 1.807) is 41.5 Å². The summed E-state index contributed by atoms with van der Waals surface area (Å²) < 4.78 is 22.5. The number of amides is 2. The van der Waals surface area contributed by atoms with E-state index in [4.69, 9.17) is 18.9 Å². The smallest absolute Gasteiger partial charge is 0.408 e. The highest BCUT2D eigenvalue weighted by atomic mass is 33.1. The SMILES string of the molecule is CC(C)(C)OC(=O)N[C@@H](Cc1ccccc1)C(=O)O[C@@H]1CSSC[C@H]1OC(=O)[C@H](Cc1ccccc1)NC(=O)OC(C)(C)C. The molecule has 2 N–H and O–H groups in total. The van der Waals surface area contributed by atoms with E-state index in [1.165, 1.54) is 21.6 Å². The lowest BCUT2D eigenvalue weighted by atomic mass is 10.1. The Kier molecular flexibility index (Phi) is 12.8. The Morgan fingerprint density at radius 2 is 1.00 bits per heavy atom. The molecule has 0 spiro atoms. The molecule has 4 atom stereocenters. The molecule has 0 aromatic heterocycles. The molecule has 2 amide bonds.